The van der Waals surface area contributed by atoms with Crippen LogP contribution in [0.1, 0.15) is 20.7 Å². The molecule has 4 nitrogen and oxygen atoms in total. The number of ketones is 1. The summed E-state index contributed by atoms with van der Waals surface area (Å²) in [5, 5.41) is 2.36. The van der Waals surface area contributed by atoms with E-state index in [0.29, 0.717) is 5.56 Å². The minimum atomic E-state index is -4.83. The number of benzene rings is 2. The van der Waals surface area contributed by atoms with Gasteiger partial charge in [-0.25, -0.2) is 0 Å². The lowest BCUT2D eigenvalue weighted by Gasteiger charge is -2.10. The predicted octanol–water partition coefficient (Wildman–Crippen LogP) is 3.20. The number of carbonyl (C=O) groups is 2. The molecule has 2 aromatic rings. The van der Waals surface area contributed by atoms with E-state index in [4.69, 9.17) is 0 Å². The molecule has 1 amide bonds. The van der Waals surface area contributed by atoms with Crippen LogP contribution < -0.4 is 10.1 Å². The molecule has 0 aliphatic rings. The van der Waals surface area contributed by atoms with Crippen molar-refractivity contribution in [2.75, 3.05) is 6.54 Å². The van der Waals surface area contributed by atoms with Gasteiger partial charge in [0.05, 0.1) is 6.54 Å². The van der Waals surface area contributed by atoms with E-state index in [1.165, 1.54) is 12.1 Å². The molecule has 0 atom stereocenters. The molecule has 120 valence electrons. The summed E-state index contributed by atoms with van der Waals surface area (Å²) in [6.45, 7) is -0.257. The third kappa shape index (κ3) is 5.14. The van der Waals surface area contributed by atoms with Gasteiger partial charge in [-0.1, -0.05) is 36.4 Å². The van der Waals surface area contributed by atoms with Crippen LogP contribution in [0, 0.1) is 0 Å². The first-order valence-electron chi connectivity index (χ1n) is 6.57. The second-order valence-corrected chi connectivity index (χ2v) is 4.55. The zero-order valence-corrected chi connectivity index (χ0v) is 11.8. The smallest absolute Gasteiger partial charge is 0.406 e. The van der Waals surface area contributed by atoms with Crippen molar-refractivity contribution in [2.24, 2.45) is 0 Å². The number of nitrogens with one attached hydrogen (secondary N) is 1. The SMILES string of the molecule is O=C(CNC(=O)c1cccc(OC(F)(F)F)c1)c1ccccc1. The lowest BCUT2D eigenvalue weighted by molar-refractivity contribution is -0.274. The Labute approximate surface area is 129 Å². The van der Waals surface area contributed by atoms with Crippen molar-refractivity contribution < 1.29 is 27.5 Å². The second kappa shape index (κ2) is 6.95. The monoisotopic (exact) mass is 323 g/mol. The van der Waals surface area contributed by atoms with E-state index in [1.54, 1.807) is 30.3 Å². The third-order valence-electron chi connectivity index (χ3n) is 2.84. The summed E-state index contributed by atoms with van der Waals surface area (Å²) >= 11 is 0. The molecule has 1 N–H and O–H groups in total. The van der Waals surface area contributed by atoms with Crippen molar-refractivity contribution >= 4 is 11.7 Å². The largest absolute Gasteiger partial charge is 0.573 e. The predicted molar refractivity (Wildman–Crippen MR) is 76.2 cm³/mol. The molecule has 7 heteroatoms. The molecule has 0 aromatic heterocycles. The Morgan fingerprint density at radius 3 is 2.26 bits per heavy atom. The van der Waals surface area contributed by atoms with Gasteiger partial charge in [-0.15, -0.1) is 13.2 Å². The van der Waals surface area contributed by atoms with E-state index in [0.717, 1.165) is 12.1 Å². The average Bonchev–Trinajstić information content (AvgIpc) is 2.51. The number of rotatable bonds is 5. The summed E-state index contributed by atoms with van der Waals surface area (Å²) in [5.41, 5.74) is 0.398. The molecule has 23 heavy (non-hydrogen) atoms. The fourth-order valence-corrected chi connectivity index (χ4v) is 1.82. The summed E-state index contributed by atoms with van der Waals surface area (Å²) in [7, 11) is 0. The zero-order valence-electron chi connectivity index (χ0n) is 11.8. The molecule has 0 aliphatic carbocycles. The Hall–Kier alpha value is -2.83. The van der Waals surface area contributed by atoms with Gasteiger partial charge in [-0.05, 0) is 18.2 Å². The van der Waals surface area contributed by atoms with Gasteiger partial charge in [-0.3, -0.25) is 9.59 Å². The number of carbonyl (C=O) groups excluding carboxylic acids is 2. The highest BCUT2D eigenvalue weighted by molar-refractivity contribution is 6.02. The quantitative estimate of drug-likeness (QED) is 0.860. The van der Waals surface area contributed by atoms with Crippen molar-refractivity contribution in [2.45, 2.75) is 6.36 Å². The molecule has 0 unspecified atom stereocenters. The van der Waals surface area contributed by atoms with E-state index < -0.39 is 18.0 Å². The van der Waals surface area contributed by atoms with E-state index in [2.05, 4.69) is 10.1 Å². The second-order valence-electron chi connectivity index (χ2n) is 4.55. The number of alkyl halides is 3. The molecule has 0 aliphatic heterocycles. The normalized spacial score (nSPS) is 10.9. The van der Waals surface area contributed by atoms with Crippen molar-refractivity contribution in [1.82, 2.24) is 5.32 Å². The number of ether oxygens (including phenoxy) is 1. The van der Waals surface area contributed by atoms with Gasteiger partial charge in [0.2, 0.25) is 0 Å². The fourth-order valence-electron chi connectivity index (χ4n) is 1.82. The molecule has 0 heterocycles. The number of Topliss-reactive ketones (excluding diaryl/α,β-unsaturated/α-hetero) is 1. The van der Waals surface area contributed by atoms with Crippen LogP contribution >= 0.6 is 0 Å². The molecule has 2 aromatic carbocycles. The first-order valence-corrected chi connectivity index (χ1v) is 6.57. The number of hydrogen-bond acceptors (Lipinski definition) is 3. The van der Waals surface area contributed by atoms with Crippen LogP contribution in [0.4, 0.5) is 13.2 Å². The summed E-state index contributed by atoms with van der Waals surface area (Å²) in [5.74, 6) is -1.47. The Morgan fingerprint density at radius 1 is 0.957 bits per heavy atom. The first kappa shape index (κ1) is 16.5. The minimum Gasteiger partial charge on any atom is -0.406 e. The van der Waals surface area contributed by atoms with E-state index in [1.807, 2.05) is 0 Å². The molecule has 0 bridgehead atoms. The number of amides is 1. The van der Waals surface area contributed by atoms with Crippen LogP contribution in [0.2, 0.25) is 0 Å². The standard InChI is InChI=1S/C16H12F3NO3/c17-16(18,19)23-13-8-4-7-12(9-13)15(22)20-10-14(21)11-5-2-1-3-6-11/h1-9H,10H2,(H,20,22). The van der Waals surface area contributed by atoms with Crippen molar-refractivity contribution in [1.29, 1.82) is 0 Å². The van der Waals surface area contributed by atoms with Gasteiger partial charge in [0.15, 0.2) is 5.78 Å². The Balaban J connectivity index is 1.98. The molecule has 2 rings (SSSR count). The third-order valence-corrected chi connectivity index (χ3v) is 2.84. The summed E-state index contributed by atoms with van der Waals surface area (Å²) in [6.07, 6.45) is -4.83. The Morgan fingerprint density at radius 2 is 1.61 bits per heavy atom. The van der Waals surface area contributed by atoms with Gasteiger partial charge in [0, 0.05) is 11.1 Å². The molecule has 0 radical (unpaired) electrons. The van der Waals surface area contributed by atoms with Gasteiger partial charge >= 0.3 is 6.36 Å². The van der Waals surface area contributed by atoms with Crippen molar-refractivity contribution in [3.05, 3.63) is 65.7 Å². The van der Waals surface area contributed by atoms with Gasteiger partial charge in [-0.2, -0.15) is 0 Å². The highest BCUT2D eigenvalue weighted by Gasteiger charge is 2.31. The highest BCUT2D eigenvalue weighted by Crippen LogP contribution is 2.23. The number of hydrogen-bond donors (Lipinski definition) is 1. The van der Waals surface area contributed by atoms with Crippen LogP contribution in [0.15, 0.2) is 54.6 Å². The van der Waals surface area contributed by atoms with Crippen LogP contribution in [0.25, 0.3) is 0 Å². The summed E-state index contributed by atoms with van der Waals surface area (Å²) in [4.78, 5) is 23.7. The lowest BCUT2D eigenvalue weighted by atomic mass is 10.1. The minimum absolute atomic E-state index is 0.0346. The van der Waals surface area contributed by atoms with E-state index in [-0.39, 0.29) is 17.9 Å². The van der Waals surface area contributed by atoms with Gasteiger partial charge in [0.25, 0.3) is 5.91 Å². The van der Waals surface area contributed by atoms with E-state index in [9.17, 15) is 22.8 Å². The molecule has 0 spiro atoms. The molecular weight excluding hydrogens is 311 g/mol. The average molecular weight is 323 g/mol. The van der Waals surface area contributed by atoms with Crippen LogP contribution in [-0.2, 0) is 0 Å². The van der Waals surface area contributed by atoms with Crippen LogP contribution in [-0.4, -0.2) is 24.6 Å². The van der Waals surface area contributed by atoms with Gasteiger partial charge < -0.3 is 10.1 Å². The van der Waals surface area contributed by atoms with Crippen LogP contribution in [0.5, 0.6) is 5.75 Å². The molecular formula is C16H12F3NO3. The van der Waals surface area contributed by atoms with Gasteiger partial charge in [0.1, 0.15) is 5.75 Å². The first-order chi connectivity index (χ1) is 10.8. The maximum atomic E-state index is 12.1. The fraction of sp³-hybridized carbons (Fsp3) is 0.125. The molecule has 0 fully saturated rings. The maximum absolute atomic E-state index is 12.1. The highest BCUT2D eigenvalue weighted by atomic mass is 19.4. The number of halogens is 3. The molecule has 0 saturated heterocycles. The van der Waals surface area contributed by atoms with Crippen molar-refractivity contribution in [3.8, 4) is 5.75 Å². The Bertz CT molecular complexity index is 699. The van der Waals surface area contributed by atoms with Crippen molar-refractivity contribution in [3.63, 3.8) is 0 Å². The zero-order chi connectivity index (χ0) is 16.9. The summed E-state index contributed by atoms with van der Waals surface area (Å²) < 4.78 is 40.2. The van der Waals surface area contributed by atoms with Crippen LogP contribution in [0.3, 0.4) is 0 Å². The topological polar surface area (TPSA) is 55.4 Å². The Kier molecular flexibility index (Phi) is 5.00. The maximum Gasteiger partial charge on any atom is 0.573 e. The summed E-state index contributed by atoms with van der Waals surface area (Å²) in [6, 6.07) is 13.0. The lowest BCUT2D eigenvalue weighted by Crippen LogP contribution is -2.29. The van der Waals surface area contributed by atoms with E-state index >= 15 is 0 Å². The molecule has 0 saturated carbocycles.